The van der Waals surface area contributed by atoms with Gasteiger partial charge in [0.25, 0.3) is 0 Å². The number of phenolic OH excluding ortho intramolecular Hbond substituents is 1. The summed E-state index contributed by atoms with van der Waals surface area (Å²) in [7, 11) is 0. The molecule has 3 nitrogen and oxygen atoms in total. The van der Waals surface area contributed by atoms with Crippen LogP contribution in [-0.2, 0) is 28.2 Å². The topological polar surface area (TPSA) is 72.3 Å². The molecular weight excluding hydrogens is 455 g/mol. The number of benzene rings is 1. The van der Waals surface area contributed by atoms with Crippen LogP contribution in [0.15, 0.2) is 17.7 Å². The molecule has 28 heavy (non-hydrogen) atoms. The van der Waals surface area contributed by atoms with Crippen molar-refractivity contribution in [3.8, 4) is 5.75 Å². The molecule has 0 spiro atoms. The Morgan fingerprint density at radius 3 is 1.96 bits per heavy atom. The molecule has 7 heteroatoms. The third-order valence-electron chi connectivity index (χ3n) is 5.05. The molecule has 0 aliphatic heterocycles. The summed E-state index contributed by atoms with van der Waals surface area (Å²) in [5.74, 6) is 0.370. The van der Waals surface area contributed by atoms with Gasteiger partial charge in [0.15, 0.2) is 0 Å². The molecule has 2 rings (SSSR count). The summed E-state index contributed by atoms with van der Waals surface area (Å²) in [4.78, 5) is 0. The maximum Gasteiger partial charge on any atom is 3.00 e. The van der Waals surface area contributed by atoms with Crippen LogP contribution in [0.3, 0.4) is 0 Å². The van der Waals surface area contributed by atoms with E-state index in [1.54, 1.807) is 0 Å². The van der Waals surface area contributed by atoms with Gasteiger partial charge in [-0.05, 0) is 41.7 Å². The standard InChI is InChI=1S/C21H34N2O.3ClH.Cr/c1-20(2,3)15-11-14(19(24)16(12-15)21(4,5)6)10-13-8-7-9-17(22)18(13)23;;;;/h10-12,17-18,24H,7-9,22-23H2,1-6H3;3*1H;/q;;;;+3/p-3. The quantitative estimate of drug-likeness (QED) is 0.372. The molecule has 1 aliphatic carbocycles. The van der Waals surface area contributed by atoms with Crippen molar-refractivity contribution in [2.75, 3.05) is 0 Å². The molecule has 1 fully saturated rings. The Morgan fingerprint density at radius 2 is 1.50 bits per heavy atom. The first-order valence-electron chi connectivity index (χ1n) is 9.01. The first kappa shape index (κ1) is 32.7. The minimum absolute atomic E-state index is 0. The van der Waals surface area contributed by atoms with Gasteiger partial charge in [-0.3, -0.25) is 0 Å². The Bertz CT molecular complexity index is 652. The Balaban J connectivity index is -0.00000156. The molecule has 1 aromatic rings. The number of halogens is 3. The zero-order valence-corrected chi connectivity index (χ0v) is 21.2. The molecule has 2 unspecified atom stereocenters. The van der Waals surface area contributed by atoms with Gasteiger partial charge in [-0.1, -0.05) is 59.3 Å². The maximum absolute atomic E-state index is 10.9. The first-order valence-corrected chi connectivity index (χ1v) is 9.01. The SMILES string of the molecule is CC(C)(C)c1cc(C=C2CCCC(N)C2N)c(O)c(C(C)(C)C)c1.[Cl-].[Cl-].[Cl-].[Cr+3]. The van der Waals surface area contributed by atoms with Crippen LogP contribution in [0, 0.1) is 0 Å². The molecule has 0 bridgehead atoms. The van der Waals surface area contributed by atoms with Gasteiger partial charge in [0.1, 0.15) is 5.75 Å². The fourth-order valence-corrected chi connectivity index (χ4v) is 3.30. The average molecular weight is 489 g/mol. The van der Waals surface area contributed by atoms with Gasteiger partial charge in [0, 0.05) is 23.2 Å². The first-order chi connectivity index (χ1) is 10.9. The van der Waals surface area contributed by atoms with Crippen molar-refractivity contribution in [2.24, 2.45) is 11.5 Å². The second-order valence-corrected chi connectivity index (χ2v) is 9.26. The Hall–Kier alpha value is 0.0825. The second-order valence-electron chi connectivity index (χ2n) is 9.26. The van der Waals surface area contributed by atoms with Crippen LogP contribution in [-0.4, -0.2) is 17.2 Å². The Kier molecular flexibility index (Phi) is 14.1. The van der Waals surface area contributed by atoms with E-state index >= 15 is 0 Å². The zero-order valence-electron chi connectivity index (χ0n) is 17.7. The van der Waals surface area contributed by atoms with Gasteiger partial charge < -0.3 is 53.8 Å². The molecule has 1 aromatic carbocycles. The second kappa shape index (κ2) is 12.1. The van der Waals surface area contributed by atoms with E-state index in [2.05, 4.69) is 59.8 Å². The van der Waals surface area contributed by atoms with Crippen LogP contribution < -0.4 is 48.7 Å². The van der Waals surface area contributed by atoms with E-state index in [0.29, 0.717) is 5.75 Å². The van der Waals surface area contributed by atoms with E-state index in [-0.39, 0.29) is 77.5 Å². The molecule has 0 heterocycles. The molecule has 2 atom stereocenters. The molecule has 1 radical (unpaired) electrons. The smallest absolute Gasteiger partial charge is 1.00 e. The van der Waals surface area contributed by atoms with E-state index in [1.165, 1.54) is 5.56 Å². The van der Waals surface area contributed by atoms with E-state index in [9.17, 15) is 5.11 Å². The van der Waals surface area contributed by atoms with Crippen molar-refractivity contribution in [1.29, 1.82) is 0 Å². The predicted molar refractivity (Wildman–Crippen MR) is 103 cm³/mol. The largest absolute Gasteiger partial charge is 3.00 e. The van der Waals surface area contributed by atoms with Crippen molar-refractivity contribution < 1.29 is 59.7 Å². The van der Waals surface area contributed by atoms with Gasteiger partial charge in [0.2, 0.25) is 0 Å². The van der Waals surface area contributed by atoms with Crippen LogP contribution in [0.25, 0.3) is 6.08 Å². The number of hydrogen-bond acceptors (Lipinski definition) is 3. The van der Waals surface area contributed by atoms with Crippen molar-refractivity contribution in [1.82, 2.24) is 0 Å². The van der Waals surface area contributed by atoms with Crippen molar-refractivity contribution in [3.05, 3.63) is 34.4 Å². The number of rotatable bonds is 1. The van der Waals surface area contributed by atoms with Crippen molar-refractivity contribution in [3.63, 3.8) is 0 Å². The summed E-state index contributed by atoms with van der Waals surface area (Å²) in [6.45, 7) is 13.0. The molecule has 0 amide bonds. The molecule has 1 saturated carbocycles. The Labute approximate surface area is 200 Å². The van der Waals surface area contributed by atoms with Gasteiger partial charge in [-0.2, -0.15) is 0 Å². The fraction of sp³-hybridized carbons (Fsp3) is 0.619. The molecule has 5 N–H and O–H groups in total. The number of phenols is 1. The van der Waals surface area contributed by atoms with Gasteiger partial charge >= 0.3 is 17.4 Å². The molecule has 161 valence electrons. The van der Waals surface area contributed by atoms with Gasteiger partial charge in [-0.25, -0.2) is 0 Å². The fourth-order valence-electron chi connectivity index (χ4n) is 3.30. The zero-order chi connectivity index (χ0) is 18.3. The summed E-state index contributed by atoms with van der Waals surface area (Å²) in [5.41, 5.74) is 16.5. The Morgan fingerprint density at radius 1 is 0.964 bits per heavy atom. The number of aromatic hydroxyl groups is 1. The van der Waals surface area contributed by atoms with Crippen LogP contribution >= 0.6 is 0 Å². The summed E-state index contributed by atoms with van der Waals surface area (Å²) < 4.78 is 0. The summed E-state index contributed by atoms with van der Waals surface area (Å²) in [6, 6.07) is 4.14. The van der Waals surface area contributed by atoms with Crippen LogP contribution in [0.1, 0.15) is 77.5 Å². The van der Waals surface area contributed by atoms with E-state index < -0.39 is 0 Å². The van der Waals surface area contributed by atoms with E-state index in [1.807, 2.05) is 0 Å². The maximum atomic E-state index is 10.9. The van der Waals surface area contributed by atoms with E-state index in [0.717, 1.165) is 36.0 Å². The summed E-state index contributed by atoms with van der Waals surface area (Å²) >= 11 is 0. The molecular formula is C21H34Cl3CrN2O. The van der Waals surface area contributed by atoms with Crippen molar-refractivity contribution >= 4 is 6.08 Å². The molecule has 1 aliphatic rings. The monoisotopic (exact) mass is 487 g/mol. The van der Waals surface area contributed by atoms with Crippen LogP contribution in [0.5, 0.6) is 5.75 Å². The summed E-state index contributed by atoms with van der Waals surface area (Å²) in [5, 5.41) is 10.9. The third kappa shape index (κ3) is 7.73. The third-order valence-corrected chi connectivity index (χ3v) is 5.05. The van der Waals surface area contributed by atoms with Gasteiger partial charge in [-0.15, -0.1) is 0 Å². The van der Waals surface area contributed by atoms with Gasteiger partial charge in [0.05, 0.1) is 0 Å². The molecule has 0 saturated heterocycles. The average Bonchev–Trinajstić information content (AvgIpc) is 2.43. The summed E-state index contributed by atoms with van der Waals surface area (Å²) in [6.07, 6.45) is 5.06. The number of nitrogens with two attached hydrogens (primary N) is 2. The van der Waals surface area contributed by atoms with Crippen molar-refractivity contribution in [2.45, 2.75) is 83.7 Å². The minimum atomic E-state index is -0.121. The predicted octanol–water partition coefficient (Wildman–Crippen LogP) is -4.78. The van der Waals surface area contributed by atoms with E-state index in [4.69, 9.17) is 11.5 Å². The number of hydrogen-bond donors (Lipinski definition) is 3. The normalized spacial score (nSPS) is 20.9. The van der Waals surface area contributed by atoms with Crippen LogP contribution in [0.4, 0.5) is 0 Å². The van der Waals surface area contributed by atoms with Crippen LogP contribution in [0.2, 0.25) is 0 Å². The molecule has 0 aromatic heterocycles. The minimum Gasteiger partial charge on any atom is -1.00 e.